The molecular weight excluding hydrogens is 594 g/mol. The fraction of sp³-hybridized carbons (Fsp3) is 0.185. The van der Waals surface area contributed by atoms with Gasteiger partial charge in [0.25, 0.3) is 15.9 Å². The van der Waals surface area contributed by atoms with Gasteiger partial charge in [0.2, 0.25) is 0 Å². The number of hydrazone groups is 1. The highest BCUT2D eigenvalue weighted by atomic mass is 79.9. The summed E-state index contributed by atoms with van der Waals surface area (Å²) in [5, 5.41) is 4.45. The lowest BCUT2D eigenvalue weighted by Crippen LogP contribution is -2.40. The van der Waals surface area contributed by atoms with Crippen molar-refractivity contribution >= 4 is 55.4 Å². The number of nitrogens with one attached hydrogen (secondary N) is 1. The highest BCUT2D eigenvalue weighted by molar-refractivity contribution is 9.10. The van der Waals surface area contributed by atoms with Gasteiger partial charge in [-0.2, -0.15) is 5.10 Å². The van der Waals surface area contributed by atoms with Crippen LogP contribution in [0.1, 0.15) is 16.7 Å². The van der Waals surface area contributed by atoms with Crippen LogP contribution in [0.25, 0.3) is 0 Å². The lowest BCUT2D eigenvalue weighted by Gasteiger charge is -2.25. The first-order chi connectivity index (χ1) is 18.1. The predicted molar refractivity (Wildman–Crippen MR) is 154 cm³/mol. The SMILES string of the molecule is C=CCOc1c(Br)cc(/C=N\NC(=O)CN(c2ccc(Cl)cc2C)S(=O)(=O)c2ccc(C)cc2)cc1OC. The zero-order valence-corrected chi connectivity index (χ0v) is 24.2. The van der Waals surface area contributed by atoms with E-state index in [0.717, 1.165) is 9.87 Å². The van der Waals surface area contributed by atoms with Crippen LogP contribution in [0.15, 0.2) is 81.7 Å². The maximum Gasteiger partial charge on any atom is 0.264 e. The number of sulfonamides is 1. The van der Waals surface area contributed by atoms with E-state index in [0.29, 0.717) is 44.4 Å². The summed E-state index contributed by atoms with van der Waals surface area (Å²) in [6.45, 7) is 7.01. The highest BCUT2D eigenvalue weighted by Gasteiger charge is 2.28. The second kappa shape index (κ2) is 12.9. The van der Waals surface area contributed by atoms with E-state index in [9.17, 15) is 13.2 Å². The Kier molecular flexibility index (Phi) is 9.96. The summed E-state index contributed by atoms with van der Waals surface area (Å²) in [6.07, 6.45) is 3.03. The Hall–Kier alpha value is -3.34. The van der Waals surface area contributed by atoms with Gasteiger partial charge in [-0.05, 0) is 83.4 Å². The third-order valence-corrected chi connectivity index (χ3v) is 7.92. The number of ether oxygens (including phenoxy) is 2. The number of rotatable bonds is 11. The lowest BCUT2D eigenvalue weighted by molar-refractivity contribution is -0.119. The Morgan fingerprint density at radius 2 is 1.87 bits per heavy atom. The molecule has 8 nitrogen and oxygen atoms in total. The Morgan fingerprint density at radius 1 is 1.16 bits per heavy atom. The molecule has 3 aromatic carbocycles. The Bertz CT molecular complexity index is 1460. The normalized spacial score (nSPS) is 11.3. The number of amides is 1. The summed E-state index contributed by atoms with van der Waals surface area (Å²) >= 11 is 9.52. The van der Waals surface area contributed by atoms with E-state index < -0.39 is 22.5 Å². The van der Waals surface area contributed by atoms with Crippen LogP contribution in [-0.4, -0.2) is 40.8 Å². The van der Waals surface area contributed by atoms with Gasteiger partial charge in [-0.3, -0.25) is 9.10 Å². The van der Waals surface area contributed by atoms with E-state index in [1.54, 1.807) is 55.5 Å². The maximum absolute atomic E-state index is 13.6. The van der Waals surface area contributed by atoms with Gasteiger partial charge in [-0.15, -0.1) is 0 Å². The van der Waals surface area contributed by atoms with Crippen LogP contribution in [0.2, 0.25) is 5.02 Å². The molecule has 38 heavy (non-hydrogen) atoms. The third kappa shape index (κ3) is 7.15. The molecule has 0 aliphatic carbocycles. The quantitative estimate of drug-likeness (QED) is 0.170. The third-order valence-electron chi connectivity index (χ3n) is 5.32. The molecule has 0 saturated carbocycles. The number of carbonyl (C=O) groups excluding carboxylic acids is 1. The van der Waals surface area contributed by atoms with Gasteiger partial charge >= 0.3 is 0 Å². The first-order valence-electron chi connectivity index (χ1n) is 11.4. The van der Waals surface area contributed by atoms with Crippen molar-refractivity contribution in [2.24, 2.45) is 5.10 Å². The Labute approximate surface area is 236 Å². The molecule has 0 radical (unpaired) electrons. The molecule has 0 saturated heterocycles. The van der Waals surface area contributed by atoms with Crippen molar-refractivity contribution in [3.63, 3.8) is 0 Å². The van der Waals surface area contributed by atoms with Crippen LogP contribution >= 0.6 is 27.5 Å². The summed E-state index contributed by atoms with van der Waals surface area (Å²) in [4.78, 5) is 12.9. The molecule has 200 valence electrons. The second-order valence-electron chi connectivity index (χ2n) is 8.18. The molecule has 1 N–H and O–H groups in total. The predicted octanol–water partition coefficient (Wildman–Crippen LogP) is 5.64. The van der Waals surface area contributed by atoms with E-state index in [-0.39, 0.29) is 4.90 Å². The molecular formula is C27H27BrClN3O5S. The number of anilines is 1. The monoisotopic (exact) mass is 619 g/mol. The molecule has 3 aromatic rings. The first-order valence-corrected chi connectivity index (χ1v) is 14.0. The van der Waals surface area contributed by atoms with Crippen LogP contribution in [-0.2, 0) is 14.8 Å². The molecule has 0 heterocycles. The van der Waals surface area contributed by atoms with E-state index in [1.807, 2.05) is 6.92 Å². The standard InChI is InChI=1S/C27H27BrClN3O5S/c1-5-12-37-27-23(28)14-20(15-25(27)36-4)16-30-31-26(33)17-32(24-11-8-21(29)13-19(24)3)38(34,35)22-9-6-18(2)7-10-22/h5-11,13-16H,1,12,17H2,2-4H3,(H,31,33)/b30-16-. The Balaban J connectivity index is 1.85. The largest absolute Gasteiger partial charge is 0.493 e. The summed E-state index contributed by atoms with van der Waals surface area (Å²) in [5.74, 6) is 0.328. The van der Waals surface area contributed by atoms with Crippen LogP contribution < -0.4 is 19.2 Å². The molecule has 1 amide bonds. The molecule has 0 fully saturated rings. The number of aryl methyl sites for hydroxylation is 2. The number of methoxy groups -OCH3 is 1. The average Bonchev–Trinajstić information content (AvgIpc) is 2.87. The van der Waals surface area contributed by atoms with Crippen molar-refractivity contribution in [2.75, 3.05) is 24.6 Å². The molecule has 11 heteroatoms. The molecule has 0 bridgehead atoms. The highest BCUT2D eigenvalue weighted by Crippen LogP contribution is 2.36. The van der Waals surface area contributed by atoms with Crippen LogP contribution in [0, 0.1) is 13.8 Å². The van der Waals surface area contributed by atoms with E-state index in [2.05, 4.69) is 33.0 Å². The molecule has 0 aromatic heterocycles. The number of hydrogen-bond donors (Lipinski definition) is 1. The van der Waals surface area contributed by atoms with Gasteiger partial charge < -0.3 is 9.47 Å². The minimum atomic E-state index is -4.07. The summed E-state index contributed by atoms with van der Waals surface area (Å²) in [5.41, 5.74) is 4.85. The van der Waals surface area contributed by atoms with E-state index in [4.69, 9.17) is 21.1 Å². The molecule has 0 atom stereocenters. The molecule has 0 unspecified atom stereocenters. The average molecular weight is 621 g/mol. The molecule has 0 spiro atoms. The minimum absolute atomic E-state index is 0.0597. The first kappa shape index (κ1) is 29.2. The number of hydrogen-bond acceptors (Lipinski definition) is 6. The van der Waals surface area contributed by atoms with Gasteiger partial charge in [0, 0.05) is 5.02 Å². The fourth-order valence-electron chi connectivity index (χ4n) is 3.48. The van der Waals surface area contributed by atoms with Crippen molar-refractivity contribution < 1.29 is 22.7 Å². The summed E-state index contributed by atoms with van der Waals surface area (Å²) in [7, 11) is -2.56. The maximum atomic E-state index is 13.6. The van der Waals surface area contributed by atoms with Crippen molar-refractivity contribution in [3.8, 4) is 11.5 Å². The molecule has 0 aliphatic heterocycles. The molecule has 0 aliphatic rings. The van der Waals surface area contributed by atoms with Crippen LogP contribution in [0.4, 0.5) is 5.69 Å². The summed E-state index contributed by atoms with van der Waals surface area (Å²) < 4.78 is 39.8. The lowest BCUT2D eigenvalue weighted by atomic mass is 10.2. The van der Waals surface area contributed by atoms with E-state index >= 15 is 0 Å². The smallest absolute Gasteiger partial charge is 0.264 e. The molecule has 3 rings (SSSR count). The van der Waals surface area contributed by atoms with Crippen LogP contribution in [0.3, 0.4) is 0 Å². The van der Waals surface area contributed by atoms with Gasteiger partial charge in [0.15, 0.2) is 11.5 Å². The van der Waals surface area contributed by atoms with Gasteiger partial charge in [0.1, 0.15) is 13.2 Å². The van der Waals surface area contributed by atoms with Gasteiger partial charge in [-0.1, -0.05) is 42.0 Å². The number of nitrogens with zero attached hydrogens (tertiary/aromatic N) is 2. The van der Waals surface area contributed by atoms with Crippen molar-refractivity contribution in [1.82, 2.24) is 5.43 Å². The van der Waals surface area contributed by atoms with Crippen molar-refractivity contribution in [3.05, 3.63) is 93.4 Å². The number of benzene rings is 3. The fourth-order valence-corrected chi connectivity index (χ4v) is 5.76. The number of carbonyl (C=O) groups is 1. The van der Waals surface area contributed by atoms with Gasteiger partial charge in [0.05, 0.1) is 28.4 Å². The zero-order valence-electron chi connectivity index (χ0n) is 21.1. The number of halogens is 2. The minimum Gasteiger partial charge on any atom is -0.493 e. The topological polar surface area (TPSA) is 97.3 Å². The zero-order chi connectivity index (χ0) is 27.9. The van der Waals surface area contributed by atoms with Crippen LogP contribution in [0.5, 0.6) is 11.5 Å². The van der Waals surface area contributed by atoms with Crippen molar-refractivity contribution in [2.45, 2.75) is 18.7 Å². The Morgan fingerprint density at radius 3 is 2.50 bits per heavy atom. The van der Waals surface area contributed by atoms with Crippen molar-refractivity contribution in [1.29, 1.82) is 0 Å². The second-order valence-corrected chi connectivity index (χ2v) is 11.3. The van der Waals surface area contributed by atoms with Gasteiger partial charge in [-0.25, -0.2) is 13.8 Å². The summed E-state index contributed by atoms with van der Waals surface area (Å²) in [6, 6.07) is 14.6. The van der Waals surface area contributed by atoms with E-state index in [1.165, 1.54) is 25.5 Å².